The number of aliphatic carboxylic acids is 1. The molecule has 5 nitrogen and oxygen atoms in total. The van der Waals surface area contributed by atoms with Crippen LogP contribution >= 0.6 is 0 Å². The number of phenolic OH excluding ortho intramolecular Hbond substituents is 1. The predicted octanol–water partition coefficient (Wildman–Crippen LogP) is 0.958. The first-order valence-electron chi connectivity index (χ1n) is 4.38. The van der Waals surface area contributed by atoms with Crippen molar-refractivity contribution in [2.75, 3.05) is 0 Å². The van der Waals surface area contributed by atoms with E-state index in [4.69, 9.17) is 10.8 Å². The molecule has 0 aliphatic carbocycles. The second kappa shape index (κ2) is 3.29. The fourth-order valence-corrected chi connectivity index (χ4v) is 1.55. The summed E-state index contributed by atoms with van der Waals surface area (Å²) in [7, 11) is 0. The van der Waals surface area contributed by atoms with Gasteiger partial charge >= 0.3 is 5.97 Å². The summed E-state index contributed by atoms with van der Waals surface area (Å²) in [5.41, 5.74) is 6.47. The maximum absolute atomic E-state index is 10.7. The molecule has 0 fully saturated rings. The van der Waals surface area contributed by atoms with Gasteiger partial charge in [0.15, 0.2) is 0 Å². The van der Waals surface area contributed by atoms with Gasteiger partial charge in [-0.1, -0.05) is 12.1 Å². The highest BCUT2D eigenvalue weighted by Gasteiger charge is 2.18. The highest BCUT2D eigenvalue weighted by atomic mass is 16.4. The SMILES string of the molecule is NC(C(=O)O)c1c[nH]c2c(O)cccc12. The fourth-order valence-electron chi connectivity index (χ4n) is 1.55. The topological polar surface area (TPSA) is 99.3 Å². The molecule has 5 heteroatoms. The van der Waals surface area contributed by atoms with Gasteiger partial charge in [-0.25, -0.2) is 0 Å². The number of H-pyrrole nitrogens is 1. The summed E-state index contributed by atoms with van der Waals surface area (Å²) >= 11 is 0. The number of nitrogens with one attached hydrogen (secondary N) is 1. The fraction of sp³-hybridized carbons (Fsp3) is 0.100. The van der Waals surface area contributed by atoms with Crippen LogP contribution in [0.2, 0.25) is 0 Å². The molecule has 2 rings (SSSR count). The van der Waals surface area contributed by atoms with Crippen molar-refractivity contribution in [1.82, 2.24) is 4.98 Å². The molecule has 1 heterocycles. The lowest BCUT2D eigenvalue weighted by Gasteiger charge is -2.04. The van der Waals surface area contributed by atoms with E-state index in [1.165, 1.54) is 12.3 Å². The van der Waals surface area contributed by atoms with Gasteiger partial charge in [0.25, 0.3) is 0 Å². The molecule has 2 aromatic rings. The molecule has 1 atom stereocenters. The molecule has 0 radical (unpaired) electrons. The number of fused-ring (bicyclic) bond motifs is 1. The number of aromatic hydroxyl groups is 1. The highest BCUT2D eigenvalue weighted by molar-refractivity contribution is 5.92. The number of aromatic nitrogens is 1. The van der Waals surface area contributed by atoms with E-state index >= 15 is 0 Å². The number of hydrogen-bond acceptors (Lipinski definition) is 3. The number of para-hydroxylation sites is 1. The van der Waals surface area contributed by atoms with Crippen molar-refractivity contribution in [3.63, 3.8) is 0 Å². The van der Waals surface area contributed by atoms with E-state index in [2.05, 4.69) is 4.98 Å². The van der Waals surface area contributed by atoms with Crippen LogP contribution in [0.15, 0.2) is 24.4 Å². The number of aromatic amines is 1. The summed E-state index contributed by atoms with van der Waals surface area (Å²) in [6, 6.07) is 3.79. The van der Waals surface area contributed by atoms with Crippen LogP contribution in [-0.2, 0) is 4.79 Å². The van der Waals surface area contributed by atoms with Crippen LogP contribution in [0.1, 0.15) is 11.6 Å². The van der Waals surface area contributed by atoms with E-state index in [0.717, 1.165) is 0 Å². The Hall–Kier alpha value is -2.01. The Morgan fingerprint density at radius 2 is 2.20 bits per heavy atom. The van der Waals surface area contributed by atoms with Gasteiger partial charge in [0, 0.05) is 17.1 Å². The summed E-state index contributed by atoms with van der Waals surface area (Å²) < 4.78 is 0. The molecule has 78 valence electrons. The summed E-state index contributed by atoms with van der Waals surface area (Å²) in [4.78, 5) is 13.5. The van der Waals surface area contributed by atoms with Gasteiger partial charge in [0.05, 0.1) is 5.52 Å². The van der Waals surface area contributed by atoms with Crippen molar-refractivity contribution in [2.24, 2.45) is 5.73 Å². The number of carboxylic acids is 1. The van der Waals surface area contributed by atoms with Crippen molar-refractivity contribution < 1.29 is 15.0 Å². The van der Waals surface area contributed by atoms with Crippen LogP contribution in [0.4, 0.5) is 0 Å². The lowest BCUT2D eigenvalue weighted by Crippen LogP contribution is -2.20. The number of carbonyl (C=O) groups is 1. The largest absolute Gasteiger partial charge is 0.506 e. The third-order valence-corrected chi connectivity index (χ3v) is 2.33. The third-order valence-electron chi connectivity index (χ3n) is 2.33. The first-order chi connectivity index (χ1) is 7.11. The number of rotatable bonds is 2. The molecule has 1 unspecified atom stereocenters. The number of phenols is 1. The van der Waals surface area contributed by atoms with Crippen LogP contribution in [-0.4, -0.2) is 21.2 Å². The van der Waals surface area contributed by atoms with E-state index in [0.29, 0.717) is 16.5 Å². The molecule has 0 aliphatic rings. The third kappa shape index (κ3) is 1.42. The van der Waals surface area contributed by atoms with Crippen LogP contribution in [0.25, 0.3) is 10.9 Å². The Balaban J connectivity index is 2.64. The average Bonchev–Trinajstić information content (AvgIpc) is 2.61. The minimum absolute atomic E-state index is 0.0799. The second-order valence-electron chi connectivity index (χ2n) is 3.26. The van der Waals surface area contributed by atoms with Gasteiger partial charge in [0.2, 0.25) is 0 Å². The van der Waals surface area contributed by atoms with Crippen LogP contribution in [0, 0.1) is 0 Å². The Labute approximate surface area is 85.1 Å². The monoisotopic (exact) mass is 206 g/mol. The molecule has 0 saturated heterocycles. The van der Waals surface area contributed by atoms with Crippen LogP contribution in [0.5, 0.6) is 5.75 Å². The zero-order valence-electron chi connectivity index (χ0n) is 7.77. The predicted molar refractivity (Wildman–Crippen MR) is 54.5 cm³/mol. The molecule has 5 N–H and O–H groups in total. The molecule has 15 heavy (non-hydrogen) atoms. The second-order valence-corrected chi connectivity index (χ2v) is 3.26. The van der Waals surface area contributed by atoms with E-state index in [9.17, 15) is 9.90 Å². The van der Waals surface area contributed by atoms with Crippen molar-refractivity contribution in [2.45, 2.75) is 6.04 Å². The highest BCUT2D eigenvalue weighted by Crippen LogP contribution is 2.28. The summed E-state index contributed by atoms with van der Waals surface area (Å²) in [6.45, 7) is 0. The van der Waals surface area contributed by atoms with Crippen molar-refractivity contribution in [3.8, 4) is 5.75 Å². The molecule has 0 aliphatic heterocycles. The minimum atomic E-state index is -1.10. The van der Waals surface area contributed by atoms with Gasteiger partial charge in [-0.05, 0) is 6.07 Å². The summed E-state index contributed by atoms with van der Waals surface area (Å²) in [6.07, 6.45) is 1.50. The molecular weight excluding hydrogens is 196 g/mol. The van der Waals surface area contributed by atoms with E-state index < -0.39 is 12.0 Å². The molecule has 0 bridgehead atoms. The first kappa shape index (κ1) is 9.54. The zero-order valence-corrected chi connectivity index (χ0v) is 7.77. The van der Waals surface area contributed by atoms with Gasteiger partial charge in [-0.2, -0.15) is 0 Å². The lowest BCUT2D eigenvalue weighted by molar-refractivity contribution is -0.138. The van der Waals surface area contributed by atoms with E-state index in [-0.39, 0.29) is 5.75 Å². The zero-order chi connectivity index (χ0) is 11.0. The summed E-state index contributed by atoms with van der Waals surface area (Å²) in [5.74, 6) is -1.02. The van der Waals surface area contributed by atoms with Gasteiger partial charge in [-0.15, -0.1) is 0 Å². The molecule has 1 aromatic heterocycles. The Morgan fingerprint density at radius 3 is 2.87 bits per heavy atom. The standard InChI is InChI=1S/C10H10N2O3/c11-8(10(14)15)6-4-12-9-5(6)2-1-3-7(9)13/h1-4,8,12-13H,11H2,(H,14,15). The van der Waals surface area contributed by atoms with E-state index in [1.54, 1.807) is 12.1 Å². The number of benzene rings is 1. The molecule has 1 aromatic carbocycles. The minimum Gasteiger partial charge on any atom is -0.506 e. The van der Waals surface area contributed by atoms with E-state index in [1.807, 2.05) is 0 Å². The van der Waals surface area contributed by atoms with Crippen LogP contribution < -0.4 is 5.73 Å². The summed E-state index contributed by atoms with van der Waals surface area (Å²) in [5, 5.41) is 18.9. The number of carboxylic acid groups (broad SMARTS) is 1. The van der Waals surface area contributed by atoms with Gasteiger partial charge in [-0.3, -0.25) is 4.79 Å². The maximum atomic E-state index is 10.7. The lowest BCUT2D eigenvalue weighted by atomic mass is 10.1. The average molecular weight is 206 g/mol. The van der Waals surface area contributed by atoms with Crippen molar-refractivity contribution in [1.29, 1.82) is 0 Å². The Kier molecular flexibility index (Phi) is 2.09. The maximum Gasteiger partial charge on any atom is 0.325 e. The molecule has 0 spiro atoms. The first-order valence-corrected chi connectivity index (χ1v) is 4.38. The Bertz CT molecular complexity index is 518. The normalized spacial score (nSPS) is 12.9. The van der Waals surface area contributed by atoms with Crippen molar-refractivity contribution >= 4 is 16.9 Å². The van der Waals surface area contributed by atoms with Gasteiger partial charge in [0.1, 0.15) is 11.8 Å². The quantitative estimate of drug-likeness (QED) is 0.588. The van der Waals surface area contributed by atoms with Gasteiger partial charge < -0.3 is 20.9 Å². The van der Waals surface area contributed by atoms with Crippen LogP contribution in [0.3, 0.4) is 0 Å². The molecule has 0 amide bonds. The molecule has 0 saturated carbocycles. The smallest absolute Gasteiger partial charge is 0.325 e. The molecular formula is C10H10N2O3. The Morgan fingerprint density at radius 1 is 1.47 bits per heavy atom. The van der Waals surface area contributed by atoms with Crippen molar-refractivity contribution in [3.05, 3.63) is 30.0 Å². The number of nitrogens with two attached hydrogens (primary N) is 1. The number of hydrogen-bond donors (Lipinski definition) is 4.